The van der Waals surface area contributed by atoms with Crippen LogP contribution >= 0.6 is 0 Å². The summed E-state index contributed by atoms with van der Waals surface area (Å²) in [5, 5.41) is 16.5. The zero-order valence-corrected chi connectivity index (χ0v) is 13.3. The molecule has 0 aromatic carbocycles. The Balaban J connectivity index is 1.90. The van der Waals surface area contributed by atoms with Crippen molar-refractivity contribution in [3.63, 3.8) is 0 Å². The summed E-state index contributed by atoms with van der Waals surface area (Å²) in [6.45, 7) is 7.80. The number of aliphatic hydroxyl groups is 1. The van der Waals surface area contributed by atoms with Crippen LogP contribution in [0.2, 0.25) is 0 Å². The Labute approximate surface area is 129 Å². The molecular formula is C15H20BN3O3. The van der Waals surface area contributed by atoms with E-state index < -0.39 is 18.3 Å². The summed E-state index contributed by atoms with van der Waals surface area (Å²) < 4.78 is 11.9. The van der Waals surface area contributed by atoms with Gasteiger partial charge in [0.25, 0.3) is 0 Å². The molecule has 6 nitrogen and oxygen atoms in total. The molecule has 0 saturated carbocycles. The Morgan fingerprint density at radius 3 is 2.59 bits per heavy atom. The minimum atomic E-state index is -0.563. The zero-order chi connectivity index (χ0) is 16.0. The minimum absolute atomic E-state index is 0.141. The summed E-state index contributed by atoms with van der Waals surface area (Å²) in [5.41, 5.74) is 2.31. The number of nitrogens with zero attached hydrogens (tertiary/aromatic N) is 2. The van der Waals surface area contributed by atoms with Gasteiger partial charge >= 0.3 is 7.12 Å². The van der Waals surface area contributed by atoms with Crippen LogP contribution < -0.4 is 0 Å². The van der Waals surface area contributed by atoms with Crippen molar-refractivity contribution in [1.29, 1.82) is 0 Å². The van der Waals surface area contributed by atoms with Gasteiger partial charge in [0.2, 0.25) is 0 Å². The molecule has 0 amide bonds. The van der Waals surface area contributed by atoms with Gasteiger partial charge < -0.3 is 14.4 Å². The Kier molecular flexibility index (Phi) is 3.59. The number of hydrogen-bond donors (Lipinski definition) is 2. The van der Waals surface area contributed by atoms with E-state index in [0.29, 0.717) is 5.47 Å². The standard InChI is InChI=1S/C15H20BN3O3/c1-14(2)15(3,4)22-16(21-14)11(9-20)5-10-6-12-13(17-7-10)8-18-19-12/h5-8,20H,9H2,1-4H3,(H,18,19). The van der Waals surface area contributed by atoms with Crippen LogP contribution in [0.15, 0.2) is 23.9 Å². The number of hydrogen-bond acceptors (Lipinski definition) is 5. The number of pyridine rings is 1. The fourth-order valence-electron chi connectivity index (χ4n) is 2.32. The number of aromatic amines is 1. The van der Waals surface area contributed by atoms with Gasteiger partial charge in [0, 0.05) is 6.20 Å². The first-order valence-corrected chi connectivity index (χ1v) is 7.28. The van der Waals surface area contributed by atoms with E-state index >= 15 is 0 Å². The van der Waals surface area contributed by atoms with Crippen LogP contribution in [0.3, 0.4) is 0 Å². The number of aliphatic hydroxyl groups excluding tert-OH is 1. The lowest BCUT2D eigenvalue weighted by atomic mass is 9.77. The molecule has 2 aromatic heterocycles. The molecule has 0 spiro atoms. The van der Waals surface area contributed by atoms with E-state index in [4.69, 9.17) is 9.31 Å². The summed E-state index contributed by atoms with van der Waals surface area (Å²) >= 11 is 0. The zero-order valence-electron chi connectivity index (χ0n) is 13.3. The van der Waals surface area contributed by atoms with E-state index in [1.54, 1.807) is 12.4 Å². The van der Waals surface area contributed by atoms with E-state index in [0.717, 1.165) is 16.6 Å². The Bertz CT molecular complexity index is 708. The van der Waals surface area contributed by atoms with Gasteiger partial charge in [-0.05, 0) is 44.8 Å². The lowest BCUT2D eigenvalue weighted by Gasteiger charge is -2.32. The molecule has 3 heterocycles. The molecule has 0 aliphatic carbocycles. The fraction of sp³-hybridized carbons (Fsp3) is 0.467. The second kappa shape index (κ2) is 5.19. The first-order chi connectivity index (χ1) is 10.3. The molecule has 0 bridgehead atoms. The van der Waals surface area contributed by atoms with Crippen molar-refractivity contribution in [3.8, 4) is 0 Å². The van der Waals surface area contributed by atoms with Crippen LogP contribution in [0, 0.1) is 0 Å². The second-order valence-electron chi connectivity index (χ2n) is 6.54. The number of fused-ring (bicyclic) bond motifs is 1. The maximum Gasteiger partial charge on any atom is 0.492 e. The summed E-state index contributed by atoms with van der Waals surface area (Å²) in [7, 11) is -0.563. The maximum atomic E-state index is 9.69. The molecule has 0 radical (unpaired) electrons. The first kappa shape index (κ1) is 15.2. The molecule has 1 fully saturated rings. The lowest BCUT2D eigenvalue weighted by Crippen LogP contribution is -2.41. The van der Waals surface area contributed by atoms with Crippen molar-refractivity contribution in [3.05, 3.63) is 29.5 Å². The van der Waals surface area contributed by atoms with Crippen molar-refractivity contribution >= 4 is 24.2 Å². The molecule has 1 aliphatic rings. The molecule has 0 unspecified atom stereocenters. The average Bonchev–Trinajstić information content (AvgIpc) is 2.98. The van der Waals surface area contributed by atoms with Gasteiger partial charge in [0.05, 0.1) is 29.5 Å². The highest BCUT2D eigenvalue weighted by Gasteiger charge is 2.52. The highest BCUT2D eigenvalue weighted by Crippen LogP contribution is 2.38. The lowest BCUT2D eigenvalue weighted by molar-refractivity contribution is 0.00578. The summed E-state index contributed by atoms with van der Waals surface area (Å²) in [4.78, 5) is 4.31. The molecule has 116 valence electrons. The highest BCUT2D eigenvalue weighted by molar-refractivity contribution is 6.55. The molecular weight excluding hydrogens is 281 g/mol. The quantitative estimate of drug-likeness (QED) is 0.847. The molecule has 2 aromatic rings. The predicted octanol–water partition coefficient (Wildman–Crippen LogP) is 1.96. The topological polar surface area (TPSA) is 80.3 Å². The van der Waals surface area contributed by atoms with Gasteiger partial charge in [-0.25, -0.2) is 0 Å². The molecule has 2 N–H and O–H groups in total. The third kappa shape index (κ3) is 2.56. The van der Waals surface area contributed by atoms with Crippen LogP contribution in [0.4, 0.5) is 0 Å². The largest absolute Gasteiger partial charge is 0.492 e. The van der Waals surface area contributed by atoms with E-state index in [1.807, 2.05) is 39.8 Å². The minimum Gasteiger partial charge on any atom is -0.400 e. The van der Waals surface area contributed by atoms with Crippen molar-refractivity contribution < 1.29 is 14.4 Å². The maximum absolute atomic E-state index is 9.69. The van der Waals surface area contributed by atoms with Crippen LogP contribution in [0.5, 0.6) is 0 Å². The highest BCUT2D eigenvalue weighted by atomic mass is 16.7. The monoisotopic (exact) mass is 301 g/mol. The van der Waals surface area contributed by atoms with Gasteiger partial charge in [0.15, 0.2) is 0 Å². The molecule has 0 atom stereocenters. The van der Waals surface area contributed by atoms with Crippen molar-refractivity contribution in [2.24, 2.45) is 0 Å². The number of H-pyrrole nitrogens is 1. The Hall–Kier alpha value is -1.70. The van der Waals surface area contributed by atoms with E-state index in [1.165, 1.54) is 0 Å². The number of aromatic nitrogens is 3. The van der Waals surface area contributed by atoms with E-state index in [9.17, 15) is 5.11 Å². The smallest absolute Gasteiger partial charge is 0.400 e. The average molecular weight is 301 g/mol. The van der Waals surface area contributed by atoms with Crippen LogP contribution in [0.1, 0.15) is 33.3 Å². The van der Waals surface area contributed by atoms with Crippen molar-refractivity contribution in [2.75, 3.05) is 6.61 Å². The van der Waals surface area contributed by atoms with E-state index in [2.05, 4.69) is 15.2 Å². The molecule has 7 heteroatoms. The molecule has 22 heavy (non-hydrogen) atoms. The van der Waals surface area contributed by atoms with Crippen LogP contribution in [-0.4, -0.2) is 45.2 Å². The SMILES string of the molecule is CC1(C)OB(C(=Cc2cnc3cn[nH]c3c2)CO)OC1(C)C. The summed E-state index contributed by atoms with van der Waals surface area (Å²) in [6, 6.07) is 1.93. The van der Waals surface area contributed by atoms with Crippen LogP contribution in [-0.2, 0) is 9.31 Å². The number of rotatable bonds is 3. The van der Waals surface area contributed by atoms with Crippen molar-refractivity contribution in [1.82, 2.24) is 15.2 Å². The van der Waals surface area contributed by atoms with Gasteiger partial charge in [-0.3, -0.25) is 10.1 Å². The van der Waals surface area contributed by atoms with Gasteiger partial charge in [-0.1, -0.05) is 6.08 Å². The molecule has 1 saturated heterocycles. The van der Waals surface area contributed by atoms with Crippen LogP contribution in [0.25, 0.3) is 17.1 Å². The van der Waals surface area contributed by atoms with Gasteiger partial charge in [-0.2, -0.15) is 5.10 Å². The third-order valence-corrected chi connectivity index (χ3v) is 4.40. The molecule has 3 rings (SSSR count). The van der Waals surface area contributed by atoms with Crippen molar-refractivity contribution in [2.45, 2.75) is 38.9 Å². The first-order valence-electron chi connectivity index (χ1n) is 7.28. The van der Waals surface area contributed by atoms with E-state index in [-0.39, 0.29) is 6.61 Å². The fourth-order valence-corrected chi connectivity index (χ4v) is 2.32. The third-order valence-electron chi connectivity index (χ3n) is 4.40. The summed E-state index contributed by atoms with van der Waals surface area (Å²) in [5.74, 6) is 0. The van der Waals surface area contributed by atoms with Gasteiger partial charge in [-0.15, -0.1) is 0 Å². The second-order valence-corrected chi connectivity index (χ2v) is 6.54. The normalized spacial score (nSPS) is 20.8. The Morgan fingerprint density at radius 1 is 1.27 bits per heavy atom. The summed E-state index contributed by atoms with van der Waals surface area (Å²) in [6.07, 6.45) is 5.25. The molecule has 1 aliphatic heterocycles. The number of nitrogens with one attached hydrogen (secondary N) is 1. The van der Waals surface area contributed by atoms with Gasteiger partial charge in [0.1, 0.15) is 5.52 Å². The predicted molar refractivity (Wildman–Crippen MR) is 85.0 cm³/mol. The Morgan fingerprint density at radius 2 is 1.95 bits per heavy atom.